The smallest absolute Gasteiger partial charge is 0.333 e. The molecule has 1 amide bonds. The van der Waals surface area contributed by atoms with Crippen LogP contribution in [0.3, 0.4) is 0 Å². The number of carbonyl (C=O) groups is 2. The van der Waals surface area contributed by atoms with Crippen LogP contribution in [0.15, 0.2) is 42.5 Å². The van der Waals surface area contributed by atoms with E-state index in [0.29, 0.717) is 36.5 Å². The fourth-order valence-electron chi connectivity index (χ4n) is 3.82. The molecule has 1 unspecified atom stereocenters. The van der Waals surface area contributed by atoms with Crippen molar-refractivity contribution in [2.45, 2.75) is 52.2 Å². The molecule has 0 radical (unpaired) electrons. The summed E-state index contributed by atoms with van der Waals surface area (Å²) >= 11 is 0. The van der Waals surface area contributed by atoms with Crippen molar-refractivity contribution in [3.05, 3.63) is 53.6 Å². The van der Waals surface area contributed by atoms with Gasteiger partial charge in [-0.1, -0.05) is 51.0 Å². The Balaban J connectivity index is 1.73. The molecule has 6 heteroatoms. The molecule has 0 aliphatic carbocycles. The van der Waals surface area contributed by atoms with Crippen molar-refractivity contribution in [1.29, 1.82) is 0 Å². The largest absolute Gasteiger partial charge is 0.493 e. The zero-order valence-corrected chi connectivity index (χ0v) is 18.4. The van der Waals surface area contributed by atoms with E-state index < -0.39 is 12.2 Å². The molecule has 0 saturated heterocycles. The van der Waals surface area contributed by atoms with E-state index in [2.05, 4.69) is 13.5 Å². The summed E-state index contributed by atoms with van der Waals surface area (Å²) in [6.45, 7) is 8.45. The van der Waals surface area contributed by atoms with Gasteiger partial charge < -0.3 is 19.5 Å². The maximum Gasteiger partial charge on any atom is 0.333 e. The minimum Gasteiger partial charge on any atom is -0.493 e. The normalized spacial score (nSPS) is 15.3. The summed E-state index contributed by atoms with van der Waals surface area (Å²) in [7, 11) is 0. The van der Waals surface area contributed by atoms with E-state index in [1.54, 1.807) is 24.0 Å². The number of ether oxygens (including phenoxy) is 2. The van der Waals surface area contributed by atoms with E-state index in [-0.39, 0.29) is 12.5 Å². The third kappa shape index (κ3) is 5.07. The van der Waals surface area contributed by atoms with Crippen molar-refractivity contribution in [3.8, 4) is 5.75 Å². The van der Waals surface area contributed by atoms with E-state index in [9.17, 15) is 14.7 Å². The summed E-state index contributed by atoms with van der Waals surface area (Å²) in [5.74, 6) is 0.0857. The topological polar surface area (TPSA) is 76.1 Å². The first kappa shape index (κ1) is 22.8. The maximum absolute atomic E-state index is 13.1. The van der Waals surface area contributed by atoms with E-state index in [1.165, 1.54) is 0 Å². The van der Waals surface area contributed by atoms with Crippen LogP contribution >= 0.6 is 0 Å². The molecule has 0 aromatic heterocycles. The van der Waals surface area contributed by atoms with Gasteiger partial charge >= 0.3 is 5.97 Å². The number of esters is 1. The highest BCUT2D eigenvalue weighted by atomic mass is 16.5. The molecule has 1 aliphatic rings. The Bertz CT molecular complexity index is 968. The highest BCUT2D eigenvalue weighted by Crippen LogP contribution is 2.39. The summed E-state index contributed by atoms with van der Waals surface area (Å²) in [6, 6.07) is 9.21. The molecule has 166 valence electrons. The molecule has 2 aromatic carbocycles. The average Bonchev–Trinajstić information content (AvgIpc) is 2.76. The predicted molar refractivity (Wildman–Crippen MR) is 120 cm³/mol. The zero-order valence-electron chi connectivity index (χ0n) is 18.4. The van der Waals surface area contributed by atoms with Crippen molar-refractivity contribution < 1.29 is 24.2 Å². The Morgan fingerprint density at radius 3 is 2.68 bits per heavy atom. The number of benzene rings is 2. The van der Waals surface area contributed by atoms with Crippen LogP contribution in [-0.4, -0.2) is 41.6 Å². The molecule has 31 heavy (non-hydrogen) atoms. The zero-order chi connectivity index (χ0) is 22.4. The summed E-state index contributed by atoms with van der Waals surface area (Å²) in [4.78, 5) is 26.1. The molecule has 1 N–H and O–H groups in total. The first-order chi connectivity index (χ1) is 15.0. The van der Waals surface area contributed by atoms with Gasteiger partial charge in [-0.15, -0.1) is 0 Å². The fourth-order valence-corrected chi connectivity index (χ4v) is 3.82. The van der Waals surface area contributed by atoms with Gasteiger partial charge in [-0.05, 0) is 25.5 Å². The Morgan fingerprint density at radius 2 is 1.94 bits per heavy atom. The van der Waals surface area contributed by atoms with Gasteiger partial charge in [0.15, 0.2) is 6.23 Å². The van der Waals surface area contributed by atoms with Gasteiger partial charge in [0.25, 0.3) is 5.91 Å². The van der Waals surface area contributed by atoms with Crippen LogP contribution < -0.4 is 4.74 Å². The van der Waals surface area contributed by atoms with Crippen molar-refractivity contribution in [3.63, 3.8) is 0 Å². The Kier molecular flexibility index (Phi) is 7.69. The van der Waals surface area contributed by atoms with Crippen molar-refractivity contribution in [1.82, 2.24) is 4.90 Å². The minimum absolute atomic E-state index is 0.147. The molecule has 2 aromatic rings. The molecule has 1 aliphatic heterocycles. The van der Waals surface area contributed by atoms with E-state index >= 15 is 0 Å². The fraction of sp³-hybridized carbons (Fsp3) is 0.440. The van der Waals surface area contributed by atoms with Crippen LogP contribution in [-0.2, 0) is 9.53 Å². The first-order valence-electron chi connectivity index (χ1n) is 11.0. The maximum atomic E-state index is 13.1. The molecule has 3 rings (SSSR count). The first-order valence-corrected chi connectivity index (χ1v) is 11.0. The number of rotatable bonds is 11. The van der Waals surface area contributed by atoms with E-state index in [1.807, 2.05) is 18.2 Å². The summed E-state index contributed by atoms with van der Waals surface area (Å²) in [5.41, 5.74) is 1.68. The third-order valence-electron chi connectivity index (χ3n) is 5.48. The highest BCUT2D eigenvalue weighted by molar-refractivity contribution is 6.11. The lowest BCUT2D eigenvalue weighted by Gasteiger charge is -2.34. The molecule has 0 spiro atoms. The molecule has 1 atom stereocenters. The monoisotopic (exact) mass is 425 g/mol. The average molecular weight is 426 g/mol. The summed E-state index contributed by atoms with van der Waals surface area (Å²) in [6.07, 6.45) is 3.74. The van der Waals surface area contributed by atoms with Crippen molar-refractivity contribution in [2.75, 3.05) is 19.8 Å². The SMILES string of the molecule is C=C(C)C(=O)OCCCOc1ccc2c3c(cccc13)C(O)N(CCCCCC)C2=O. The second-order valence-corrected chi connectivity index (χ2v) is 7.93. The van der Waals surface area contributed by atoms with Gasteiger partial charge in [-0.25, -0.2) is 4.79 Å². The Morgan fingerprint density at radius 1 is 1.13 bits per heavy atom. The standard InChI is InChI=1S/C25H31NO5/c1-4-5-6-7-14-26-23(27)19-11-8-10-18-21(13-12-20(22(18)19)24(26)28)30-15-9-16-31-25(29)17(2)3/h8,10-13,23,27H,2,4-7,9,14-16H2,1,3H3. The number of carbonyl (C=O) groups excluding carboxylic acids is 2. The molecular weight excluding hydrogens is 394 g/mol. The molecule has 0 bridgehead atoms. The van der Waals surface area contributed by atoms with E-state index in [4.69, 9.17) is 9.47 Å². The van der Waals surface area contributed by atoms with Gasteiger partial charge in [0.05, 0.1) is 13.2 Å². The van der Waals surface area contributed by atoms with Gasteiger partial charge in [0.2, 0.25) is 0 Å². The van der Waals surface area contributed by atoms with Gasteiger partial charge in [-0.3, -0.25) is 4.79 Å². The second-order valence-electron chi connectivity index (χ2n) is 7.93. The number of nitrogens with zero attached hydrogens (tertiary/aromatic N) is 1. The Hall–Kier alpha value is -2.86. The minimum atomic E-state index is -0.956. The van der Waals surface area contributed by atoms with Crippen molar-refractivity contribution >= 4 is 22.6 Å². The number of hydrogen-bond acceptors (Lipinski definition) is 5. The van der Waals surface area contributed by atoms with Crippen LogP contribution in [0, 0.1) is 0 Å². The Labute approximate surface area is 183 Å². The van der Waals surface area contributed by atoms with Crippen LogP contribution in [0.2, 0.25) is 0 Å². The summed E-state index contributed by atoms with van der Waals surface area (Å²) < 4.78 is 11.0. The van der Waals surface area contributed by atoms with Crippen LogP contribution in [0.4, 0.5) is 0 Å². The van der Waals surface area contributed by atoms with Crippen LogP contribution in [0.5, 0.6) is 5.75 Å². The van der Waals surface area contributed by atoms with E-state index in [0.717, 1.165) is 42.0 Å². The molecule has 6 nitrogen and oxygen atoms in total. The number of hydrogen-bond donors (Lipinski definition) is 1. The predicted octanol–water partition coefficient (Wildman–Crippen LogP) is 4.76. The second kappa shape index (κ2) is 10.4. The molecule has 0 saturated carbocycles. The van der Waals surface area contributed by atoms with Crippen molar-refractivity contribution in [2.24, 2.45) is 0 Å². The van der Waals surface area contributed by atoms with Crippen LogP contribution in [0.1, 0.15) is 68.1 Å². The van der Waals surface area contributed by atoms with Gasteiger partial charge in [0, 0.05) is 40.4 Å². The number of aliphatic hydroxyl groups is 1. The number of unbranched alkanes of at least 4 members (excludes halogenated alkanes) is 3. The summed E-state index contributed by atoms with van der Waals surface area (Å²) in [5, 5.41) is 12.4. The van der Waals surface area contributed by atoms with Gasteiger partial charge in [-0.2, -0.15) is 0 Å². The third-order valence-corrected chi connectivity index (χ3v) is 5.48. The molecular formula is C25H31NO5. The lowest BCUT2D eigenvalue weighted by molar-refractivity contribution is -0.139. The lowest BCUT2D eigenvalue weighted by atomic mass is 9.92. The molecule has 1 heterocycles. The number of aliphatic hydroxyl groups excluding tert-OH is 1. The highest BCUT2D eigenvalue weighted by Gasteiger charge is 2.33. The number of amides is 1. The van der Waals surface area contributed by atoms with Crippen LogP contribution in [0.25, 0.3) is 10.8 Å². The lowest BCUT2D eigenvalue weighted by Crippen LogP contribution is -2.38. The quantitative estimate of drug-likeness (QED) is 0.319. The molecule has 0 fully saturated rings. The van der Waals surface area contributed by atoms with Gasteiger partial charge in [0.1, 0.15) is 5.75 Å².